The van der Waals surface area contributed by atoms with Crippen LogP contribution in [0, 0.1) is 0 Å². The Labute approximate surface area is 77.6 Å². The van der Waals surface area contributed by atoms with Gasteiger partial charge in [0.15, 0.2) is 0 Å². The van der Waals surface area contributed by atoms with Crippen molar-refractivity contribution in [2.24, 2.45) is 0 Å². The summed E-state index contributed by atoms with van der Waals surface area (Å²) in [7, 11) is 0. The highest BCUT2D eigenvalue weighted by molar-refractivity contribution is 7.80. The van der Waals surface area contributed by atoms with Gasteiger partial charge in [-0.05, 0) is 0 Å². The zero-order chi connectivity index (χ0) is 8.97. The molecule has 0 unspecified atom stereocenters. The lowest BCUT2D eigenvalue weighted by molar-refractivity contribution is -0.135. The number of amides is 1. The van der Waals surface area contributed by atoms with Crippen LogP contribution in [0.15, 0.2) is 0 Å². The Hall–Kier alpha value is -0.260. The van der Waals surface area contributed by atoms with Gasteiger partial charge in [0.05, 0.1) is 0 Å². The van der Waals surface area contributed by atoms with Crippen molar-refractivity contribution in [1.82, 2.24) is 9.80 Å². The highest BCUT2D eigenvalue weighted by Gasteiger charge is 2.18. The first-order valence-corrected chi connectivity index (χ1v) is 4.63. The quantitative estimate of drug-likeness (QED) is 0.550. The van der Waals surface area contributed by atoms with Gasteiger partial charge in [-0.3, -0.25) is 9.69 Å². The Kier molecular flexibility index (Phi) is 3.84. The number of aliphatic hydroxyl groups is 1. The van der Waals surface area contributed by atoms with Gasteiger partial charge in [-0.25, -0.2) is 0 Å². The minimum absolute atomic E-state index is 0.172. The van der Waals surface area contributed by atoms with E-state index in [1.807, 2.05) is 0 Å². The second-order valence-electron chi connectivity index (χ2n) is 2.80. The molecular formula is C7H14N2O2S. The SMILES string of the molecule is O=C(CO)N1CCN(CS)CC1. The van der Waals surface area contributed by atoms with Gasteiger partial charge in [0.2, 0.25) is 5.91 Å². The second kappa shape index (κ2) is 4.69. The van der Waals surface area contributed by atoms with E-state index in [0.717, 1.165) is 19.0 Å². The van der Waals surface area contributed by atoms with Gasteiger partial charge >= 0.3 is 0 Å². The lowest BCUT2D eigenvalue weighted by Crippen LogP contribution is -2.49. The average molecular weight is 190 g/mol. The minimum atomic E-state index is -0.374. The van der Waals surface area contributed by atoms with Crippen LogP contribution in [0.25, 0.3) is 0 Å². The third kappa shape index (κ3) is 2.36. The summed E-state index contributed by atoms with van der Waals surface area (Å²) in [5.74, 6) is 0.565. The van der Waals surface area contributed by atoms with Crippen LogP contribution < -0.4 is 0 Å². The molecule has 0 aromatic rings. The Balaban J connectivity index is 2.30. The number of nitrogens with zero attached hydrogens (tertiary/aromatic N) is 2. The fourth-order valence-corrected chi connectivity index (χ4v) is 1.52. The van der Waals surface area contributed by atoms with Crippen LogP contribution in [0.1, 0.15) is 0 Å². The van der Waals surface area contributed by atoms with Crippen LogP contribution in [0.4, 0.5) is 0 Å². The highest BCUT2D eigenvalue weighted by Crippen LogP contribution is 2.01. The standard InChI is InChI=1S/C7H14N2O2S/c10-5-7(11)9-3-1-8(6-12)2-4-9/h10,12H,1-6H2. The van der Waals surface area contributed by atoms with E-state index in [2.05, 4.69) is 17.5 Å². The van der Waals surface area contributed by atoms with Crippen molar-refractivity contribution in [1.29, 1.82) is 0 Å². The van der Waals surface area contributed by atoms with E-state index in [1.165, 1.54) is 0 Å². The first-order valence-electron chi connectivity index (χ1n) is 3.99. The van der Waals surface area contributed by atoms with Crippen LogP contribution >= 0.6 is 12.6 Å². The van der Waals surface area contributed by atoms with Crippen LogP contribution in [0.2, 0.25) is 0 Å². The zero-order valence-electron chi connectivity index (χ0n) is 6.94. The molecule has 0 saturated carbocycles. The van der Waals surface area contributed by atoms with Gasteiger partial charge in [-0.1, -0.05) is 0 Å². The number of rotatable bonds is 2. The Bertz CT molecular complexity index is 157. The number of aliphatic hydroxyl groups excluding tert-OH is 1. The van der Waals surface area contributed by atoms with Crippen molar-refractivity contribution in [3.8, 4) is 0 Å². The minimum Gasteiger partial charge on any atom is -0.387 e. The van der Waals surface area contributed by atoms with Crippen LogP contribution in [0.3, 0.4) is 0 Å². The van der Waals surface area contributed by atoms with Gasteiger partial charge < -0.3 is 10.0 Å². The average Bonchev–Trinajstić information content (AvgIpc) is 2.17. The van der Waals surface area contributed by atoms with Gasteiger partial charge in [-0.2, -0.15) is 12.6 Å². The molecule has 1 fully saturated rings. The zero-order valence-corrected chi connectivity index (χ0v) is 7.83. The fourth-order valence-electron chi connectivity index (χ4n) is 1.24. The molecule has 1 rings (SSSR count). The number of hydrogen-bond acceptors (Lipinski definition) is 4. The number of thiol groups is 1. The third-order valence-corrected chi connectivity index (χ3v) is 2.46. The van der Waals surface area contributed by atoms with Gasteiger partial charge in [0, 0.05) is 32.1 Å². The van der Waals surface area contributed by atoms with E-state index in [1.54, 1.807) is 4.90 Å². The molecule has 4 nitrogen and oxygen atoms in total. The molecule has 5 heteroatoms. The van der Waals surface area contributed by atoms with Crippen molar-refractivity contribution in [3.63, 3.8) is 0 Å². The van der Waals surface area contributed by atoms with E-state index in [0.29, 0.717) is 13.1 Å². The van der Waals surface area contributed by atoms with Crippen LogP contribution in [0.5, 0.6) is 0 Å². The largest absolute Gasteiger partial charge is 0.387 e. The number of hydrogen-bond donors (Lipinski definition) is 2. The molecular weight excluding hydrogens is 176 g/mol. The molecule has 0 aromatic carbocycles. The van der Waals surface area contributed by atoms with Gasteiger partial charge in [0.1, 0.15) is 6.61 Å². The van der Waals surface area contributed by atoms with E-state index in [9.17, 15) is 4.79 Å². The summed E-state index contributed by atoms with van der Waals surface area (Å²) in [6.45, 7) is 2.76. The lowest BCUT2D eigenvalue weighted by atomic mass is 10.3. The lowest BCUT2D eigenvalue weighted by Gasteiger charge is -2.33. The van der Waals surface area contributed by atoms with Crippen molar-refractivity contribution >= 4 is 18.5 Å². The van der Waals surface area contributed by atoms with E-state index < -0.39 is 0 Å². The van der Waals surface area contributed by atoms with Crippen molar-refractivity contribution < 1.29 is 9.90 Å². The van der Waals surface area contributed by atoms with Crippen molar-refractivity contribution in [2.45, 2.75) is 0 Å². The molecule has 1 saturated heterocycles. The van der Waals surface area contributed by atoms with Crippen molar-refractivity contribution in [3.05, 3.63) is 0 Å². The molecule has 1 N–H and O–H groups in total. The normalized spacial score (nSPS) is 19.7. The van der Waals surface area contributed by atoms with Crippen LogP contribution in [-0.2, 0) is 4.79 Å². The number of carbonyl (C=O) groups is 1. The summed E-state index contributed by atoms with van der Waals surface area (Å²) >= 11 is 4.14. The first kappa shape index (κ1) is 9.83. The maximum absolute atomic E-state index is 11.0. The smallest absolute Gasteiger partial charge is 0.248 e. The summed E-state index contributed by atoms with van der Waals surface area (Å²) in [6, 6.07) is 0. The molecule has 1 aliphatic rings. The molecule has 1 heterocycles. The molecule has 12 heavy (non-hydrogen) atoms. The van der Waals surface area contributed by atoms with E-state index >= 15 is 0 Å². The Morgan fingerprint density at radius 1 is 1.33 bits per heavy atom. The maximum atomic E-state index is 11.0. The predicted molar refractivity (Wildman–Crippen MR) is 49.1 cm³/mol. The Morgan fingerprint density at radius 2 is 1.92 bits per heavy atom. The molecule has 0 atom stereocenters. The highest BCUT2D eigenvalue weighted by atomic mass is 32.1. The first-order chi connectivity index (χ1) is 5.77. The molecule has 1 amide bonds. The summed E-state index contributed by atoms with van der Waals surface area (Å²) in [5.41, 5.74) is 0. The monoisotopic (exact) mass is 190 g/mol. The summed E-state index contributed by atoms with van der Waals surface area (Å²) in [5, 5.41) is 8.59. The van der Waals surface area contributed by atoms with Crippen LogP contribution in [-0.4, -0.2) is 59.5 Å². The topological polar surface area (TPSA) is 43.8 Å². The molecule has 0 aliphatic carbocycles. The van der Waals surface area contributed by atoms with Gasteiger partial charge in [-0.15, -0.1) is 0 Å². The van der Waals surface area contributed by atoms with Gasteiger partial charge in [0.25, 0.3) is 0 Å². The molecule has 1 aliphatic heterocycles. The summed E-state index contributed by atoms with van der Waals surface area (Å²) in [6.07, 6.45) is 0. The fraction of sp³-hybridized carbons (Fsp3) is 0.857. The molecule has 0 bridgehead atoms. The van der Waals surface area contributed by atoms with Crippen molar-refractivity contribution in [2.75, 3.05) is 38.7 Å². The predicted octanol–water partition coefficient (Wildman–Crippen LogP) is -0.990. The third-order valence-electron chi connectivity index (χ3n) is 2.06. The summed E-state index contributed by atoms with van der Waals surface area (Å²) in [4.78, 5) is 14.8. The molecule has 0 spiro atoms. The Morgan fingerprint density at radius 3 is 2.33 bits per heavy atom. The second-order valence-corrected chi connectivity index (χ2v) is 3.08. The number of piperazine rings is 1. The maximum Gasteiger partial charge on any atom is 0.248 e. The van der Waals surface area contributed by atoms with E-state index in [-0.39, 0.29) is 12.5 Å². The summed E-state index contributed by atoms with van der Waals surface area (Å²) < 4.78 is 0. The molecule has 0 aromatic heterocycles. The molecule has 70 valence electrons. The molecule has 0 radical (unpaired) electrons. The van der Waals surface area contributed by atoms with E-state index in [4.69, 9.17) is 5.11 Å². The number of carbonyl (C=O) groups excluding carboxylic acids is 1.